The van der Waals surface area contributed by atoms with Crippen molar-refractivity contribution in [3.63, 3.8) is 0 Å². The standard InChI is InChI=1S/C9H17NO3/c1-6(2)9(4-13-5-9)7(10-3)8(11)12/h6-7,10H,4-5H2,1-3H3,(H,11,12). The highest BCUT2D eigenvalue weighted by molar-refractivity contribution is 5.75. The number of hydrogen-bond acceptors (Lipinski definition) is 3. The molecule has 1 fully saturated rings. The minimum absolute atomic E-state index is 0.222. The molecular weight excluding hydrogens is 170 g/mol. The molecule has 1 atom stereocenters. The lowest BCUT2D eigenvalue weighted by atomic mass is 9.69. The number of ether oxygens (including phenoxy) is 1. The van der Waals surface area contributed by atoms with Gasteiger partial charge in [-0.15, -0.1) is 0 Å². The van der Waals surface area contributed by atoms with Crippen LogP contribution in [-0.4, -0.2) is 37.4 Å². The molecular formula is C9H17NO3. The van der Waals surface area contributed by atoms with Crippen molar-refractivity contribution >= 4 is 5.97 Å². The van der Waals surface area contributed by atoms with Crippen molar-refractivity contribution in [2.75, 3.05) is 20.3 Å². The van der Waals surface area contributed by atoms with Crippen molar-refractivity contribution in [3.05, 3.63) is 0 Å². The van der Waals surface area contributed by atoms with Gasteiger partial charge in [0.1, 0.15) is 6.04 Å². The van der Waals surface area contributed by atoms with Crippen molar-refractivity contribution in [2.45, 2.75) is 19.9 Å². The van der Waals surface area contributed by atoms with Gasteiger partial charge in [0.05, 0.1) is 13.2 Å². The van der Waals surface area contributed by atoms with Gasteiger partial charge < -0.3 is 15.2 Å². The van der Waals surface area contributed by atoms with Gasteiger partial charge in [0.25, 0.3) is 0 Å². The zero-order chi connectivity index (χ0) is 10.1. The fourth-order valence-electron chi connectivity index (χ4n) is 1.83. The first kappa shape index (κ1) is 10.5. The molecule has 0 aromatic carbocycles. The molecule has 0 bridgehead atoms. The maximum absolute atomic E-state index is 11.0. The molecule has 0 aromatic heterocycles. The molecule has 1 rings (SSSR count). The fraction of sp³-hybridized carbons (Fsp3) is 0.889. The Labute approximate surface area is 78.3 Å². The lowest BCUT2D eigenvalue weighted by Crippen LogP contribution is -2.62. The van der Waals surface area contributed by atoms with Gasteiger partial charge in [-0.2, -0.15) is 0 Å². The summed E-state index contributed by atoms with van der Waals surface area (Å²) in [6, 6.07) is -0.499. The third-order valence-electron chi connectivity index (χ3n) is 3.00. The van der Waals surface area contributed by atoms with Gasteiger partial charge in [0.2, 0.25) is 0 Å². The summed E-state index contributed by atoms with van der Waals surface area (Å²) in [5, 5.41) is 11.9. The van der Waals surface area contributed by atoms with Crippen molar-refractivity contribution in [1.29, 1.82) is 0 Å². The highest BCUT2D eigenvalue weighted by Gasteiger charge is 2.50. The Bertz CT molecular complexity index is 199. The number of carboxylic acid groups (broad SMARTS) is 1. The van der Waals surface area contributed by atoms with Crippen molar-refractivity contribution in [1.82, 2.24) is 5.32 Å². The predicted molar refractivity (Wildman–Crippen MR) is 48.6 cm³/mol. The molecule has 1 saturated heterocycles. The Morgan fingerprint density at radius 3 is 2.15 bits per heavy atom. The molecule has 4 heteroatoms. The summed E-state index contributed by atoms with van der Waals surface area (Å²) in [7, 11) is 1.68. The minimum Gasteiger partial charge on any atom is -0.480 e. The second kappa shape index (κ2) is 3.64. The maximum Gasteiger partial charge on any atom is 0.321 e. The average molecular weight is 187 g/mol. The Morgan fingerprint density at radius 2 is 2.08 bits per heavy atom. The van der Waals surface area contributed by atoms with E-state index in [4.69, 9.17) is 9.84 Å². The van der Waals surface area contributed by atoms with E-state index in [9.17, 15) is 4.79 Å². The number of carbonyl (C=O) groups is 1. The average Bonchev–Trinajstić information content (AvgIpc) is 1.94. The third-order valence-corrected chi connectivity index (χ3v) is 3.00. The second-order valence-corrected chi connectivity index (χ2v) is 3.94. The third kappa shape index (κ3) is 1.56. The van der Waals surface area contributed by atoms with Crippen LogP contribution < -0.4 is 5.32 Å². The monoisotopic (exact) mass is 187 g/mol. The number of likely N-dealkylation sites (N-methyl/N-ethyl adjacent to an activating group) is 1. The molecule has 0 amide bonds. The summed E-state index contributed by atoms with van der Waals surface area (Å²) in [4.78, 5) is 11.0. The topological polar surface area (TPSA) is 58.6 Å². The number of rotatable bonds is 4. The second-order valence-electron chi connectivity index (χ2n) is 3.94. The van der Waals surface area contributed by atoms with Crippen LogP contribution in [0.25, 0.3) is 0 Å². The number of aliphatic carboxylic acids is 1. The summed E-state index contributed by atoms with van der Waals surface area (Å²) >= 11 is 0. The van der Waals surface area contributed by atoms with Gasteiger partial charge in [0.15, 0.2) is 0 Å². The van der Waals surface area contributed by atoms with Crippen LogP contribution in [0.5, 0.6) is 0 Å². The predicted octanol–water partition coefficient (Wildman–Crippen LogP) is 0.332. The van der Waals surface area contributed by atoms with E-state index < -0.39 is 12.0 Å². The Kier molecular flexibility index (Phi) is 2.93. The molecule has 1 heterocycles. The molecule has 1 aliphatic rings. The zero-order valence-electron chi connectivity index (χ0n) is 8.33. The first-order valence-corrected chi connectivity index (χ1v) is 4.52. The minimum atomic E-state index is -0.792. The van der Waals surface area contributed by atoms with E-state index >= 15 is 0 Å². The first-order valence-electron chi connectivity index (χ1n) is 4.52. The molecule has 0 radical (unpaired) electrons. The Hall–Kier alpha value is -0.610. The summed E-state index contributed by atoms with van der Waals surface area (Å²) in [5.41, 5.74) is -0.222. The van der Waals surface area contributed by atoms with E-state index in [1.54, 1.807) is 7.05 Å². The van der Waals surface area contributed by atoms with E-state index in [2.05, 4.69) is 5.32 Å². The largest absolute Gasteiger partial charge is 0.480 e. The van der Waals surface area contributed by atoms with Gasteiger partial charge in [0, 0.05) is 5.41 Å². The van der Waals surface area contributed by atoms with Crippen LogP contribution in [0.3, 0.4) is 0 Å². The molecule has 0 aliphatic carbocycles. The molecule has 1 aliphatic heterocycles. The molecule has 0 aromatic rings. The smallest absolute Gasteiger partial charge is 0.321 e. The van der Waals surface area contributed by atoms with E-state index in [0.29, 0.717) is 19.1 Å². The molecule has 0 spiro atoms. The summed E-state index contributed by atoms with van der Waals surface area (Å²) in [6.07, 6.45) is 0. The number of nitrogens with one attached hydrogen (secondary N) is 1. The van der Waals surface area contributed by atoms with E-state index in [0.717, 1.165) is 0 Å². The van der Waals surface area contributed by atoms with E-state index in [-0.39, 0.29) is 5.41 Å². The van der Waals surface area contributed by atoms with Crippen LogP contribution >= 0.6 is 0 Å². The van der Waals surface area contributed by atoms with Crippen molar-refractivity contribution in [2.24, 2.45) is 11.3 Å². The summed E-state index contributed by atoms with van der Waals surface area (Å²) in [6.45, 7) is 5.16. The van der Waals surface area contributed by atoms with Crippen LogP contribution in [0.4, 0.5) is 0 Å². The van der Waals surface area contributed by atoms with Gasteiger partial charge in [-0.1, -0.05) is 13.8 Å². The summed E-state index contributed by atoms with van der Waals surface area (Å²) < 4.78 is 5.13. The SMILES string of the molecule is CNC(C(=O)O)C1(C(C)C)COC1. The normalized spacial score (nSPS) is 22.5. The maximum atomic E-state index is 11.0. The molecule has 2 N–H and O–H groups in total. The highest BCUT2D eigenvalue weighted by atomic mass is 16.5. The lowest BCUT2D eigenvalue weighted by Gasteiger charge is -2.48. The lowest BCUT2D eigenvalue weighted by molar-refractivity contribution is -0.177. The van der Waals surface area contributed by atoms with Crippen LogP contribution in [0.15, 0.2) is 0 Å². The fourth-order valence-corrected chi connectivity index (χ4v) is 1.83. The first-order chi connectivity index (χ1) is 6.04. The van der Waals surface area contributed by atoms with Gasteiger partial charge in [-0.3, -0.25) is 4.79 Å². The van der Waals surface area contributed by atoms with Gasteiger partial charge >= 0.3 is 5.97 Å². The van der Waals surface area contributed by atoms with Gasteiger partial charge in [-0.25, -0.2) is 0 Å². The highest BCUT2D eigenvalue weighted by Crippen LogP contribution is 2.39. The molecule has 4 nitrogen and oxygen atoms in total. The van der Waals surface area contributed by atoms with E-state index in [1.807, 2.05) is 13.8 Å². The van der Waals surface area contributed by atoms with Crippen LogP contribution in [0.1, 0.15) is 13.8 Å². The quantitative estimate of drug-likeness (QED) is 0.666. The van der Waals surface area contributed by atoms with Crippen molar-refractivity contribution < 1.29 is 14.6 Å². The molecule has 0 saturated carbocycles. The van der Waals surface area contributed by atoms with E-state index in [1.165, 1.54) is 0 Å². The Balaban J connectivity index is 2.79. The van der Waals surface area contributed by atoms with Crippen LogP contribution in [0.2, 0.25) is 0 Å². The van der Waals surface area contributed by atoms with Crippen LogP contribution in [0, 0.1) is 11.3 Å². The van der Waals surface area contributed by atoms with Crippen LogP contribution in [-0.2, 0) is 9.53 Å². The zero-order valence-corrected chi connectivity index (χ0v) is 8.33. The Morgan fingerprint density at radius 1 is 1.54 bits per heavy atom. The number of hydrogen-bond donors (Lipinski definition) is 2. The molecule has 1 unspecified atom stereocenters. The van der Waals surface area contributed by atoms with Gasteiger partial charge in [-0.05, 0) is 13.0 Å². The molecule has 76 valence electrons. The summed E-state index contributed by atoms with van der Waals surface area (Å²) in [5.74, 6) is -0.477. The molecule has 13 heavy (non-hydrogen) atoms. The van der Waals surface area contributed by atoms with Crippen molar-refractivity contribution in [3.8, 4) is 0 Å². The number of carboxylic acids is 1.